The van der Waals surface area contributed by atoms with Crippen LogP contribution in [-0.2, 0) is 14.3 Å². The van der Waals surface area contributed by atoms with E-state index in [0.717, 1.165) is 32.4 Å². The Labute approximate surface area is 123 Å². The number of hydrogen-bond donors (Lipinski definition) is 2. The van der Waals surface area contributed by atoms with Crippen molar-refractivity contribution in [2.24, 2.45) is 11.7 Å². The van der Waals surface area contributed by atoms with E-state index in [9.17, 15) is 4.79 Å². The van der Waals surface area contributed by atoms with E-state index in [-0.39, 0.29) is 5.91 Å². The maximum atomic E-state index is 11.4. The first-order chi connectivity index (χ1) is 9.42. The number of amides is 1. The summed E-state index contributed by atoms with van der Waals surface area (Å²) in [5, 5.41) is 3.15. The first-order valence-electron chi connectivity index (χ1n) is 7.62. The van der Waals surface area contributed by atoms with Crippen LogP contribution in [0.15, 0.2) is 0 Å². The lowest BCUT2D eigenvalue weighted by Crippen LogP contribution is -2.52. The number of likely N-dealkylation sites (N-methyl/N-ethyl adjacent to an activating group) is 1. The molecule has 5 nitrogen and oxygen atoms in total. The maximum absolute atomic E-state index is 11.4. The number of unbranched alkanes of at least 4 members (excludes halogenated alkanes) is 1. The average Bonchev–Trinajstić information content (AvgIpc) is 2.36. The molecule has 0 aromatic rings. The van der Waals surface area contributed by atoms with Crippen LogP contribution in [0.25, 0.3) is 0 Å². The van der Waals surface area contributed by atoms with Gasteiger partial charge in [-0.05, 0) is 38.6 Å². The summed E-state index contributed by atoms with van der Waals surface area (Å²) in [6.07, 6.45) is 2.58. The summed E-state index contributed by atoms with van der Waals surface area (Å²) in [5.41, 5.74) is 4.83. The summed E-state index contributed by atoms with van der Waals surface area (Å²) in [5.74, 6) is 0.273. The largest absolute Gasteiger partial charge is 0.379 e. The molecule has 0 heterocycles. The van der Waals surface area contributed by atoms with Crippen molar-refractivity contribution >= 4 is 5.91 Å². The van der Waals surface area contributed by atoms with Crippen LogP contribution in [0.1, 0.15) is 47.0 Å². The molecule has 3 N–H and O–H groups in total. The summed E-state index contributed by atoms with van der Waals surface area (Å²) in [6, 6.07) is 0. The van der Waals surface area contributed by atoms with Gasteiger partial charge >= 0.3 is 0 Å². The maximum Gasteiger partial charge on any atom is 0.237 e. The van der Waals surface area contributed by atoms with Crippen LogP contribution in [-0.4, -0.2) is 44.4 Å². The standard InChI is InChI=1S/C15H32N2O3/c1-5-17-15(4,14(16)18)8-6-7-9-19-10-11-20-12-13(2)3/h13,17H,5-12H2,1-4H3,(H2,16,18). The zero-order valence-electron chi connectivity index (χ0n) is 13.5. The molecule has 5 heteroatoms. The number of nitrogens with one attached hydrogen (secondary N) is 1. The molecule has 1 unspecified atom stereocenters. The van der Waals surface area contributed by atoms with Crippen molar-refractivity contribution in [1.29, 1.82) is 0 Å². The third-order valence-corrected chi connectivity index (χ3v) is 3.15. The lowest BCUT2D eigenvalue weighted by atomic mass is 9.94. The van der Waals surface area contributed by atoms with Crippen LogP contribution in [0.3, 0.4) is 0 Å². The predicted molar refractivity (Wildman–Crippen MR) is 81.6 cm³/mol. The zero-order valence-corrected chi connectivity index (χ0v) is 13.5. The highest BCUT2D eigenvalue weighted by atomic mass is 16.5. The van der Waals surface area contributed by atoms with E-state index in [2.05, 4.69) is 19.2 Å². The van der Waals surface area contributed by atoms with Crippen molar-refractivity contribution in [2.45, 2.75) is 52.5 Å². The van der Waals surface area contributed by atoms with Crippen molar-refractivity contribution in [2.75, 3.05) is 33.0 Å². The predicted octanol–water partition coefficient (Wildman–Crippen LogP) is 1.70. The number of primary amides is 1. The van der Waals surface area contributed by atoms with Gasteiger partial charge in [-0.25, -0.2) is 0 Å². The minimum Gasteiger partial charge on any atom is -0.379 e. The third kappa shape index (κ3) is 9.28. The summed E-state index contributed by atoms with van der Waals surface area (Å²) in [7, 11) is 0. The fourth-order valence-electron chi connectivity index (χ4n) is 1.91. The molecule has 0 aliphatic carbocycles. The highest BCUT2D eigenvalue weighted by Gasteiger charge is 2.28. The second-order valence-corrected chi connectivity index (χ2v) is 5.76. The van der Waals surface area contributed by atoms with Gasteiger partial charge in [0.1, 0.15) is 0 Å². The fourth-order valence-corrected chi connectivity index (χ4v) is 1.91. The zero-order chi connectivity index (χ0) is 15.4. The molecule has 0 aromatic carbocycles. The lowest BCUT2D eigenvalue weighted by molar-refractivity contribution is -0.124. The Morgan fingerprint density at radius 2 is 1.85 bits per heavy atom. The van der Waals surface area contributed by atoms with Gasteiger partial charge < -0.3 is 20.5 Å². The Morgan fingerprint density at radius 3 is 2.40 bits per heavy atom. The van der Waals surface area contributed by atoms with Crippen LogP contribution in [0.4, 0.5) is 0 Å². The van der Waals surface area contributed by atoms with Crippen LogP contribution in [0, 0.1) is 5.92 Å². The molecule has 0 radical (unpaired) electrons. The van der Waals surface area contributed by atoms with E-state index in [4.69, 9.17) is 15.2 Å². The van der Waals surface area contributed by atoms with E-state index in [1.165, 1.54) is 0 Å². The van der Waals surface area contributed by atoms with E-state index < -0.39 is 5.54 Å². The van der Waals surface area contributed by atoms with Gasteiger partial charge in [-0.15, -0.1) is 0 Å². The first-order valence-corrected chi connectivity index (χ1v) is 7.62. The monoisotopic (exact) mass is 288 g/mol. The summed E-state index contributed by atoms with van der Waals surface area (Å²) < 4.78 is 10.9. The smallest absolute Gasteiger partial charge is 0.237 e. The molecular weight excluding hydrogens is 256 g/mol. The van der Waals surface area contributed by atoms with Gasteiger partial charge in [0.15, 0.2) is 0 Å². The topological polar surface area (TPSA) is 73.6 Å². The Kier molecular flexibility index (Phi) is 10.7. The molecule has 0 spiro atoms. The average molecular weight is 288 g/mol. The van der Waals surface area contributed by atoms with Gasteiger partial charge in [-0.3, -0.25) is 4.79 Å². The Bertz CT molecular complexity index is 260. The van der Waals surface area contributed by atoms with Gasteiger partial charge in [-0.1, -0.05) is 20.8 Å². The highest BCUT2D eigenvalue weighted by Crippen LogP contribution is 2.13. The van der Waals surface area contributed by atoms with E-state index in [1.807, 2.05) is 13.8 Å². The van der Waals surface area contributed by atoms with Crippen molar-refractivity contribution in [3.8, 4) is 0 Å². The molecule has 0 fully saturated rings. The molecule has 120 valence electrons. The minimum absolute atomic E-state index is 0.289. The molecule has 0 saturated heterocycles. The number of carbonyl (C=O) groups excluding carboxylic acids is 1. The minimum atomic E-state index is -0.602. The van der Waals surface area contributed by atoms with Crippen molar-refractivity contribution in [3.05, 3.63) is 0 Å². The molecule has 1 atom stereocenters. The number of ether oxygens (including phenoxy) is 2. The number of nitrogens with two attached hydrogens (primary N) is 1. The van der Waals surface area contributed by atoms with Crippen LogP contribution < -0.4 is 11.1 Å². The lowest BCUT2D eigenvalue weighted by Gasteiger charge is -2.26. The van der Waals surface area contributed by atoms with E-state index in [0.29, 0.717) is 25.7 Å². The van der Waals surface area contributed by atoms with Gasteiger partial charge in [0.05, 0.1) is 18.8 Å². The van der Waals surface area contributed by atoms with Crippen LogP contribution in [0.2, 0.25) is 0 Å². The molecule has 0 rings (SSSR count). The summed E-state index contributed by atoms with van der Waals surface area (Å²) in [6.45, 7) is 11.6. The quantitative estimate of drug-likeness (QED) is 0.506. The summed E-state index contributed by atoms with van der Waals surface area (Å²) in [4.78, 5) is 11.4. The Hall–Kier alpha value is -0.650. The second kappa shape index (κ2) is 11.1. The molecule has 0 saturated carbocycles. The third-order valence-electron chi connectivity index (χ3n) is 3.15. The van der Waals surface area contributed by atoms with Gasteiger partial charge in [0, 0.05) is 13.2 Å². The molecule has 1 amide bonds. The van der Waals surface area contributed by atoms with Gasteiger partial charge in [0.2, 0.25) is 5.91 Å². The SMILES string of the molecule is CCNC(C)(CCCCOCCOCC(C)C)C(N)=O. The highest BCUT2D eigenvalue weighted by molar-refractivity contribution is 5.84. The molecule has 0 aliphatic heterocycles. The first kappa shape index (κ1) is 19.4. The molecule has 20 heavy (non-hydrogen) atoms. The number of rotatable bonds is 13. The molecule has 0 bridgehead atoms. The van der Waals surface area contributed by atoms with Crippen LogP contribution in [0.5, 0.6) is 0 Å². The van der Waals surface area contributed by atoms with Crippen molar-refractivity contribution in [1.82, 2.24) is 5.32 Å². The van der Waals surface area contributed by atoms with Gasteiger partial charge in [-0.2, -0.15) is 0 Å². The fraction of sp³-hybridized carbons (Fsp3) is 0.933. The van der Waals surface area contributed by atoms with E-state index >= 15 is 0 Å². The summed E-state index contributed by atoms with van der Waals surface area (Å²) >= 11 is 0. The van der Waals surface area contributed by atoms with E-state index in [1.54, 1.807) is 0 Å². The molecule has 0 aliphatic rings. The van der Waals surface area contributed by atoms with Crippen molar-refractivity contribution < 1.29 is 14.3 Å². The number of hydrogen-bond acceptors (Lipinski definition) is 4. The molecule has 0 aromatic heterocycles. The second-order valence-electron chi connectivity index (χ2n) is 5.76. The van der Waals surface area contributed by atoms with Crippen LogP contribution >= 0.6 is 0 Å². The Balaban J connectivity index is 3.53. The normalized spacial score (nSPS) is 14.4. The Morgan fingerprint density at radius 1 is 1.20 bits per heavy atom. The number of carbonyl (C=O) groups is 1. The van der Waals surface area contributed by atoms with Crippen molar-refractivity contribution in [3.63, 3.8) is 0 Å². The molecular formula is C15H32N2O3. The van der Waals surface area contributed by atoms with Gasteiger partial charge in [0.25, 0.3) is 0 Å².